The van der Waals surface area contributed by atoms with Crippen LogP contribution in [0.4, 0.5) is 5.69 Å². The van der Waals surface area contributed by atoms with Gasteiger partial charge in [-0.15, -0.1) is 0 Å². The zero-order valence-corrected chi connectivity index (χ0v) is 17.8. The van der Waals surface area contributed by atoms with Gasteiger partial charge in [0.15, 0.2) is 6.10 Å². The molecule has 1 saturated heterocycles. The summed E-state index contributed by atoms with van der Waals surface area (Å²) in [5.41, 5.74) is 2.58. The second-order valence-corrected chi connectivity index (χ2v) is 7.89. The molecule has 0 aliphatic carbocycles. The molecule has 3 aromatic rings. The van der Waals surface area contributed by atoms with Crippen LogP contribution in [0.15, 0.2) is 67.0 Å². The molecule has 0 saturated carbocycles. The summed E-state index contributed by atoms with van der Waals surface area (Å²) in [5.74, 6) is -0.514. The molecule has 1 fully saturated rings. The molecule has 160 valence electrons. The maximum absolute atomic E-state index is 13.0. The number of benzene rings is 2. The molecule has 1 aliphatic rings. The van der Waals surface area contributed by atoms with E-state index < -0.39 is 12.1 Å². The van der Waals surface area contributed by atoms with E-state index in [4.69, 9.17) is 16.3 Å². The first kappa shape index (κ1) is 21.1. The van der Waals surface area contributed by atoms with Crippen molar-refractivity contribution >= 4 is 29.1 Å². The largest absolute Gasteiger partial charge is 0.356 e. The fourth-order valence-corrected chi connectivity index (χ4v) is 3.77. The topological polar surface area (TPSA) is 76.5 Å². The summed E-state index contributed by atoms with van der Waals surface area (Å²) in [5, 5.41) is 7.77. The molecule has 0 spiro atoms. The molecule has 1 N–H and O–H groups in total. The third-order valence-electron chi connectivity index (χ3n) is 5.33. The molecule has 8 heteroatoms. The molecule has 31 heavy (non-hydrogen) atoms. The summed E-state index contributed by atoms with van der Waals surface area (Å²) < 4.78 is 7.43. The fourth-order valence-electron chi connectivity index (χ4n) is 3.64. The van der Waals surface area contributed by atoms with Crippen molar-refractivity contribution in [3.63, 3.8) is 0 Å². The Morgan fingerprint density at radius 1 is 1.19 bits per heavy atom. The third kappa shape index (κ3) is 4.95. The number of hydrogen-bond acceptors (Lipinski definition) is 4. The van der Waals surface area contributed by atoms with Crippen LogP contribution in [-0.4, -0.2) is 46.3 Å². The number of nitrogens with one attached hydrogen (secondary N) is 1. The van der Waals surface area contributed by atoms with Crippen LogP contribution < -0.4 is 5.32 Å². The number of rotatable bonds is 6. The second kappa shape index (κ2) is 9.32. The van der Waals surface area contributed by atoms with Crippen molar-refractivity contribution < 1.29 is 14.3 Å². The predicted molar refractivity (Wildman–Crippen MR) is 118 cm³/mol. The van der Waals surface area contributed by atoms with Gasteiger partial charge in [0.1, 0.15) is 6.61 Å². The molecule has 7 nitrogen and oxygen atoms in total. The molecule has 2 heterocycles. The predicted octanol–water partition coefficient (Wildman–Crippen LogP) is 3.32. The van der Waals surface area contributed by atoms with E-state index in [2.05, 4.69) is 22.5 Å². The van der Waals surface area contributed by atoms with Crippen molar-refractivity contribution in [1.82, 2.24) is 14.7 Å². The minimum atomic E-state index is -0.850. The van der Waals surface area contributed by atoms with Crippen molar-refractivity contribution in [2.24, 2.45) is 0 Å². The summed E-state index contributed by atoms with van der Waals surface area (Å²) in [4.78, 5) is 26.8. The summed E-state index contributed by atoms with van der Waals surface area (Å²) in [6, 6.07) is 16.7. The van der Waals surface area contributed by atoms with E-state index in [1.54, 1.807) is 53.3 Å². The van der Waals surface area contributed by atoms with E-state index in [1.165, 1.54) is 5.56 Å². The Labute approximate surface area is 185 Å². The number of ether oxygens (including phenoxy) is 1. The lowest BCUT2D eigenvalue weighted by Crippen LogP contribution is -2.51. The second-order valence-electron chi connectivity index (χ2n) is 7.45. The number of carbonyl (C=O) groups excluding carboxylic acids is 2. The molecule has 2 amide bonds. The first-order valence-electron chi connectivity index (χ1n) is 10.0. The third-order valence-corrected chi connectivity index (χ3v) is 5.58. The Hall–Kier alpha value is -3.16. The number of carbonyl (C=O) groups is 2. The number of nitrogens with zero attached hydrogens (tertiary/aromatic N) is 3. The van der Waals surface area contributed by atoms with Crippen LogP contribution in [0, 0.1) is 0 Å². The van der Waals surface area contributed by atoms with Crippen LogP contribution in [0.3, 0.4) is 0 Å². The van der Waals surface area contributed by atoms with E-state index >= 15 is 0 Å². The van der Waals surface area contributed by atoms with Gasteiger partial charge >= 0.3 is 0 Å². The molecule has 0 radical (unpaired) electrons. The highest BCUT2D eigenvalue weighted by Gasteiger charge is 2.40. The Balaban J connectivity index is 1.44. The monoisotopic (exact) mass is 438 g/mol. The van der Waals surface area contributed by atoms with Gasteiger partial charge in [-0.1, -0.05) is 54.1 Å². The molecule has 2 atom stereocenters. The van der Waals surface area contributed by atoms with Crippen LogP contribution in [-0.2, 0) is 27.3 Å². The van der Waals surface area contributed by atoms with E-state index in [-0.39, 0.29) is 18.4 Å². The maximum Gasteiger partial charge on any atom is 0.256 e. The number of hydrogen-bond donors (Lipinski definition) is 1. The fraction of sp³-hybridized carbons (Fsp3) is 0.261. The Morgan fingerprint density at radius 2 is 1.94 bits per heavy atom. The van der Waals surface area contributed by atoms with Crippen molar-refractivity contribution in [3.8, 4) is 0 Å². The lowest BCUT2D eigenvalue weighted by Gasteiger charge is -2.38. The summed E-state index contributed by atoms with van der Waals surface area (Å²) in [7, 11) is 1.67. The van der Waals surface area contributed by atoms with Crippen molar-refractivity contribution in [2.75, 3.05) is 19.0 Å². The smallest absolute Gasteiger partial charge is 0.256 e. The molecule has 2 aromatic carbocycles. The number of anilines is 1. The van der Waals surface area contributed by atoms with Crippen molar-refractivity contribution in [2.45, 2.75) is 25.1 Å². The van der Waals surface area contributed by atoms with Gasteiger partial charge in [-0.05, 0) is 29.7 Å². The van der Waals surface area contributed by atoms with Crippen molar-refractivity contribution in [1.29, 1.82) is 0 Å². The highest BCUT2D eigenvalue weighted by molar-refractivity contribution is 6.30. The Morgan fingerprint density at radius 3 is 2.68 bits per heavy atom. The lowest BCUT2D eigenvalue weighted by atomic mass is 9.97. The molecular formula is C23H23ClN4O3. The number of halogens is 1. The number of morpholine rings is 1. The first-order valence-corrected chi connectivity index (χ1v) is 10.4. The quantitative estimate of drug-likeness (QED) is 0.640. The average Bonchev–Trinajstić information content (AvgIpc) is 3.23. The molecule has 1 aliphatic heterocycles. The molecule has 4 rings (SSSR count). The standard InChI is InChI=1S/C23H23ClN4O3/c1-27-20(29)15-31-22(21(27)17-7-9-18(24)10-8-17)23(30)26-19-13-25-28(14-19)12-11-16-5-3-2-4-6-16/h2-10,13-14,21-22H,11-12,15H2,1H3,(H,26,30). The van der Waals surface area contributed by atoms with Gasteiger partial charge in [-0.2, -0.15) is 5.10 Å². The maximum atomic E-state index is 13.0. The van der Waals surface area contributed by atoms with E-state index in [1.807, 2.05) is 18.2 Å². The zero-order valence-electron chi connectivity index (χ0n) is 17.1. The minimum Gasteiger partial charge on any atom is -0.356 e. The summed E-state index contributed by atoms with van der Waals surface area (Å²) >= 11 is 5.99. The summed E-state index contributed by atoms with van der Waals surface area (Å²) in [6.45, 7) is 0.555. The first-order chi connectivity index (χ1) is 15.0. The minimum absolute atomic E-state index is 0.144. The number of aryl methyl sites for hydroxylation is 2. The van der Waals surface area contributed by atoms with Crippen LogP contribution >= 0.6 is 11.6 Å². The lowest BCUT2D eigenvalue weighted by molar-refractivity contribution is -0.160. The SMILES string of the molecule is CN1C(=O)COC(C(=O)Nc2cnn(CCc3ccccc3)c2)C1c1ccc(Cl)cc1. The van der Waals surface area contributed by atoms with E-state index in [0.29, 0.717) is 17.3 Å². The number of likely N-dealkylation sites (N-methyl/N-ethyl adjacent to an activating group) is 1. The number of amides is 2. The molecule has 0 bridgehead atoms. The van der Waals surface area contributed by atoms with Crippen LogP contribution in [0.5, 0.6) is 0 Å². The van der Waals surface area contributed by atoms with Gasteiger partial charge in [0.05, 0.1) is 17.9 Å². The van der Waals surface area contributed by atoms with Gasteiger partial charge in [-0.25, -0.2) is 0 Å². The van der Waals surface area contributed by atoms with Gasteiger partial charge in [0.25, 0.3) is 5.91 Å². The Kier molecular flexibility index (Phi) is 6.34. The van der Waals surface area contributed by atoms with Gasteiger partial charge in [-0.3, -0.25) is 14.3 Å². The molecule has 2 unspecified atom stereocenters. The Bertz CT molecular complexity index is 1050. The van der Waals surface area contributed by atoms with Gasteiger partial charge in [0.2, 0.25) is 5.91 Å². The highest BCUT2D eigenvalue weighted by atomic mass is 35.5. The highest BCUT2D eigenvalue weighted by Crippen LogP contribution is 2.30. The molecular weight excluding hydrogens is 416 g/mol. The normalized spacial score (nSPS) is 18.8. The van der Waals surface area contributed by atoms with Gasteiger partial charge < -0.3 is 15.0 Å². The average molecular weight is 439 g/mol. The van der Waals surface area contributed by atoms with Crippen molar-refractivity contribution in [3.05, 3.63) is 83.1 Å². The van der Waals surface area contributed by atoms with Gasteiger partial charge in [0, 0.05) is 24.8 Å². The van der Waals surface area contributed by atoms with E-state index in [9.17, 15) is 9.59 Å². The zero-order chi connectivity index (χ0) is 21.8. The van der Waals surface area contributed by atoms with Crippen LogP contribution in [0.25, 0.3) is 0 Å². The summed E-state index contributed by atoms with van der Waals surface area (Å²) in [6.07, 6.45) is 3.39. The van der Waals surface area contributed by atoms with Crippen LogP contribution in [0.2, 0.25) is 5.02 Å². The van der Waals surface area contributed by atoms with Crippen LogP contribution in [0.1, 0.15) is 17.2 Å². The molecule has 1 aromatic heterocycles. The van der Waals surface area contributed by atoms with E-state index in [0.717, 1.165) is 12.0 Å². The number of aromatic nitrogens is 2.